The molecule has 0 saturated carbocycles. The highest BCUT2D eigenvalue weighted by Gasteiger charge is 2.14. The van der Waals surface area contributed by atoms with E-state index in [1.807, 2.05) is 24.1 Å². The molecule has 134 valence electrons. The Morgan fingerprint density at radius 2 is 1.69 bits per heavy atom. The van der Waals surface area contributed by atoms with Gasteiger partial charge in [-0.1, -0.05) is 18.2 Å². The summed E-state index contributed by atoms with van der Waals surface area (Å²) in [5.41, 5.74) is 1.19. The molecule has 0 aliphatic carbocycles. The maximum absolute atomic E-state index is 12.3. The number of benzene rings is 1. The van der Waals surface area contributed by atoms with Gasteiger partial charge in [-0.25, -0.2) is 8.42 Å². The minimum Gasteiger partial charge on any atom is -0.358 e. The first-order chi connectivity index (χ1) is 12.5. The van der Waals surface area contributed by atoms with Crippen LogP contribution in [0.5, 0.6) is 0 Å². The zero-order valence-corrected chi connectivity index (χ0v) is 15.1. The monoisotopic (exact) mass is 369 g/mol. The van der Waals surface area contributed by atoms with Crippen molar-refractivity contribution in [1.29, 1.82) is 0 Å². The summed E-state index contributed by atoms with van der Waals surface area (Å²) in [6, 6.07) is 15.4. The quantitative estimate of drug-likeness (QED) is 0.688. The van der Waals surface area contributed by atoms with E-state index >= 15 is 0 Å². The molecule has 0 amide bonds. The Labute approximate surface area is 152 Å². The van der Waals surface area contributed by atoms with Crippen molar-refractivity contribution in [2.24, 2.45) is 0 Å². The molecule has 0 spiro atoms. The lowest BCUT2D eigenvalue weighted by atomic mass is 10.2. The van der Waals surface area contributed by atoms with Gasteiger partial charge in [0.05, 0.1) is 4.90 Å². The van der Waals surface area contributed by atoms with Crippen molar-refractivity contribution in [3.63, 3.8) is 0 Å². The number of hydrogen-bond acceptors (Lipinski definition) is 6. The maximum atomic E-state index is 12.3. The van der Waals surface area contributed by atoms with Gasteiger partial charge in [0.2, 0.25) is 0 Å². The molecule has 1 N–H and O–H groups in total. The average molecular weight is 369 g/mol. The van der Waals surface area contributed by atoms with E-state index < -0.39 is 10.0 Å². The molecule has 0 aliphatic rings. The van der Waals surface area contributed by atoms with Crippen LogP contribution in [0.15, 0.2) is 71.9 Å². The second-order valence-electron chi connectivity index (χ2n) is 5.72. The highest BCUT2D eigenvalue weighted by molar-refractivity contribution is 7.92. The number of sulfonamides is 1. The minimum atomic E-state index is -3.66. The molecule has 2 aromatic heterocycles. The second-order valence-corrected chi connectivity index (χ2v) is 7.40. The summed E-state index contributed by atoms with van der Waals surface area (Å²) in [5, 5.41) is 8.08. The molecule has 0 radical (unpaired) electrons. The number of pyridine rings is 1. The van der Waals surface area contributed by atoms with Crippen LogP contribution in [0.3, 0.4) is 0 Å². The average Bonchev–Trinajstić information content (AvgIpc) is 2.68. The number of anilines is 2. The highest BCUT2D eigenvalue weighted by Crippen LogP contribution is 2.15. The zero-order valence-electron chi connectivity index (χ0n) is 14.3. The molecule has 1 aromatic carbocycles. The zero-order chi connectivity index (χ0) is 18.4. The molecule has 0 unspecified atom stereocenters. The number of rotatable bonds is 7. The smallest absolute Gasteiger partial charge is 0.263 e. The molecular formula is C18H19N5O2S. The predicted molar refractivity (Wildman–Crippen MR) is 100 cm³/mol. The van der Waals surface area contributed by atoms with Gasteiger partial charge in [0, 0.05) is 26.0 Å². The first kappa shape index (κ1) is 17.8. The van der Waals surface area contributed by atoms with E-state index in [2.05, 4.69) is 19.9 Å². The molecule has 0 aliphatic heterocycles. The van der Waals surface area contributed by atoms with E-state index in [0.29, 0.717) is 5.82 Å². The minimum absolute atomic E-state index is 0.181. The fourth-order valence-electron chi connectivity index (χ4n) is 2.34. The van der Waals surface area contributed by atoms with E-state index in [0.717, 1.165) is 13.0 Å². The van der Waals surface area contributed by atoms with E-state index in [9.17, 15) is 8.42 Å². The third kappa shape index (κ3) is 4.54. The van der Waals surface area contributed by atoms with Gasteiger partial charge in [-0.15, -0.1) is 10.2 Å². The van der Waals surface area contributed by atoms with Crippen LogP contribution in [0.2, 0.25) is 0 Å². The van der Waals surface area contributed by atoms with Crippen molar-refractivity contribution in [3.05, 3.63) is 72.6 Å². The Bertz CT molecular complexity index is 932. The van der Waals surface area contributed by atoms with Gasteiger partial charge >= 0.3 is 0 Å². The van der Waals surface area contributed by atoms with Crippen LogP contribution in [0.1, 0.15) is 5.56 Å². The van der Waals surface area contributed by atoms with E-state index in [1.165, 1.54) is 17.7 Å². The van der Waals surface area contributed by atoms with E-state index in [4.69, 9.17) is 0 Å². The standard InChI is InChI=1S/C18H19N5O2S/c1-23(14-11-15-9-12-19-13-10-15)18-8-7-17(20-21-18)22-26(24,25)16-5-3-2-4-6-16/h2-10,12-13H,11,14H2,1H3,(H,20,22). The Kier molecular flexibility index (Phi) is 5.43. The number of nitrogens with one attached hydrogen (secondary N) is 1. The van der Waals surface area contributed by atoms with Crippen molar-refractivity contribution in [2.45, 2.75) is 11.3 Å². The fourth-order valence-corrected chi connectivity index (χ4v) is 3.36. The summed E-state index contributed by atoms with van der Waals surface area (Å²) in [6.45, 7) is 0.758. The van der Waals surface area contributed by atoms with Crippen molar-refractivity contribution >= 4 is 21.7 Å². The molecular weight excluding hydrogens is 350 g/mol. The summed E-state index contributed by atoms with van der Waals surface area (Å²) in [5.74, 6) is 0.849. The van der Waals surface area contributed by atoms with Crippen LogP contribution in [-0.4, -0.2) is 37.2 Å². The molecule has 3 aromatic rings. The van der Waals surface area contributed by atoms with E-state index in [1.54, 1.807) is 42.7 Å². The molecule has 0 fully saturated rings. The van der Waals surface area contributed by atoms with Crippen molar-refractivity contribution in [3.8, 4) is 0 Å². The fraction of sp³-hybridized carbons (Fsp3) is 0.167. The Hall–Kier alpha value is -3.00. The van der Waals surface area contributed by atoms with Crippen molar-refractivity contribution in [1.82, 2.24) is 15.2 Å². The van der Waals surface area contributed by atoms with Gasteiger partial charge < -0.3 is 4.90 Å². The molecule has 0 bridgehead atoms. The summed E-state index contributed by atoms with van der Waals surface area (Å²) in [4.78, 5) is 6.14. The van der Waals surface area contributed by atoms with Gasteiger partial charge in [-0.05, 0) is 48.4 Å². The predicted octanol–water partition coefficient (Wildman–Crippen LogP) is 2.35. The number of likely N-dealkylation sites (N-methyl/N-ethyl adjacent to an activating group) is 1. The topological polar surface area (TPSA) is 88.1 Å². The number of nitrogens with zero attached hydrogens (tertiary/aromatic N) is 4. The Morgan fingerprint density at radius 3 is 2.35 bits per heavy atom. The lowest BCUT2D eigenvalue weighted by Crippen LogP contribution is -2.22. The van der Waals surface area contributed by atoms with Crippen LogP contribution in [-0.2, 0) is 16.4 Å². The van der Waals surface area contributed by atoms with E-state index in [-0.39, 0.29) is 10.7 Å². The SMILES string of the molecule is CN(CCc1ccncc1)c1ccc(NS(=O)(=O)c2ccccc2)nn1. The number of hydrogen-bond donors (Lipinski definition) is 1. The van der Waals surface area contributed by atoms with Crippen LogP contribution >= 0.6 is 0 Å². The molecule has 8 heteroatoms. The third-order valence-electron chi connectivity index (χ3n) is 3.82. The van der Waals surface area contributed by atoms with Crippen molar-refractivity contribution < 1.29 is 8.42 Å². The third-order valence-corrected chi connectivity index (χ3v) is 5.19. The van der Waals surface area contributed by atoms with Gasteiger partial charge in [0.1, 0.15) is 0 Å². The highest BCUT2D eigenvalue weighted by atomic mass is 32.2. The van der Waals surface area contributed by atoms with Crippen LogP contribution in [0, 0.1) is 0 Å². The summed E-state index contributed by atoms with van der Waals surface area (Å²) >= 11 is 0. The normalized spacial score (nSPS) is 11.1. The maximum Gasteiger partial charge on any atom is 0.263 e. The molecule has 0 saturated heterocycles. The van der Waals surface area contributed by atoms with Crippen LogP contribution in [0.4, 0.5) is 11.6 Å². The number of aromatic nitrogens is 3. The van der Waals surface area contributed by atoms with Gasteiger partial charge in [-0.2, -0.15) is 0 Å². The lowest BCUT2D eigenvalue weighted by molar-refractivity contribution is 0.601. The second kappa shape index (κ2) is 7.92. The van der Waals surface area contributed by atoms with Crippen LogP contribution < -0.4 is 9.62 Å². The van der Waals surface area contributed by atoms with Crippen LogP contribution in [0.25, 0.3) is 0 Å². The Morgan fingerprint density at radius 1 is 0.962 bits per heavy atom. The summed E-state index contributed by atoms with van der Waals surface area (Å²) < 4.78 is 27.0. The first-order valence-electron chi connectivity index (χ1n) is 8.06. The summed E-state index contributed by atoms with van der Waals surface area (Å²) in [7, 11) is -1.75. The van der Waals surface area contributed by atoms with Crippen molar-refractivity contribution in [2.75, 3.05) is 23.2 Å². The first-order valence-corrected chi connectivity index (χ1v) is 9.54. The molecule has 3 rings (SSSR count). The molecule has 0 atom stereocenters. The van der Waals surface area contributed by atoms with Gasteiger partial charge in [0.15, 0.2) is 11.6 Å². The molecule has 2 heterocycles. The Balaban J connectivity index is 1.63. The molecule has 26 heavy (non-hydrogen) atoms. The lowest BCUT2D eigenvalue weighted by Gasteiger charge is -2.17. The molecule has 7 nitrogen and oxygen atoms in total. The van der Waals surface area contributed by atoms with Gasteiger partial charge in [0.25, 0.3) is 10.0 Å². The summed E-state index contributed by atoms with van der Waals surface area (Å²) in [6.07, 6.45) is 4.38. The van der Waals surface area contributed by atoms with Gasteiger partial charge in [-0.3, -0.25) is 9.71 Å². The largest absolute Gasteiger partial charge is 0.358 e.